The van der Waals surface area contributed by atoms with Crippen LogP contribution in [0.15, 0.2) is 34.1 Å². The molecule has 0 saturated carbocycles. The summed E-state index contributed by atoms with van der Waals surface area (Å²) in [7, 11) is 0. The average Bonchev–Trinajstić information content (AvgIpc) is 2.64. The number of ketones is 1. The Kier molecular flexibility index (Phi) is 2.98. The number of hydrogen-bond donors (Lipinski definition) is 2. The van der Waals surface area contributed by atoms with Crippen molar-refractivity contribution < 1.29 is 4.79 Å². The molecule has 1 heterocycles. The minimum Gasteiger partial charge on any atom is -0.399 e. The van der Waals surface area contributed by atoms with E-state index in [9.17, 15) is 4.79 Å². The highest BCUT2D eigenvalue weighted by Gasteiger charge is 2.14. The Morgan fingerprint density at radius 2 is 1.94 bits per heavy atom. The van der Waals surface area contributed by atoms with Crippen molar-refractivity contribution in [2.45, 2.75) is 0 Å². The van der Waals surface area contributed by atoms with E-state index in [1.807, 2.05) is 6.07 Å². The van der Waals surface area contributed by atoms with Gasteiger partial charge in [-0.15, -0.1) is 11.3 Å². The monoisotopic (exact) mass is 296 g/mol. The first-order chi connectivity index (χ1) is 7.58. The molecule has 5 heteroatoms. The molecule has 16 heavy (non-hydrogen) atoms. The summed E-state index contributed by atoms with van der Waals surface area (Å²) in [6, 6.07) is 8.53. The zero-order valence-corrected chi connectivity index (χ0v) is 10.6. The number of hydrogen-bond acceptors (Lipinski definition) is 4. The third-order valence-electron chi connectivity index (χ3n) is 2.12. The van der Waals surface area contributed by atoms with Gasteiger partial charge in [0.1, 0.15) is 0 Å². The van der Waals surface area contributed by atoms with Crippen LogP contribution < -0.4 is 11.5 Å². The van der Waals surface area contributed by atoms with Gasteiger partial charge in [0.2, 0.25) is 5.78 Å². The zero-order chi connectivity index (χ0) is 11.7. The van der Waals surface area contributed by atoms with Crippen LogP contribution in [0.4, 0.5) is 11.4 Å². The lowest BCUT2D eigenvalue weighted by atomic mass is 10.1. The van der Waals surface area contributed by atoms with E-state index in [1.165, 1.54) is 11.3 Å². The fourth-order valence-corrected chi connectivity index (χ4v) is 2.70. The van der Waals surface area contributed by atoms with Crippen LogP contribution in [0.25, 0.3) is 0 Å². The van der Waals surface area contributed by atoms with E-state index in [0.717, 1.165) is 3.79 Å². The molecule has 1 aromatic carbocycles. The van der Waals surface area contributed by atoms with Crippen LogP contribution in [0.3, 0.4) is 0 Å². The topological polar surface area (TPSA) is 69.1 Å². The van der Waals surface area contributed by atoms with E-state index in [0.29, 0.717) is 21.8 Å². The second kappa shape index (κ2) is 4.27. The molecule has 0 aliphatic rings. The quantitative estimate of drug-likeness (QED) is 0.661. The van der Waals surface area contributed by atoms with Crippen molar-refractivity contribution in [2.24, 2.45) is 0 Å². The highest BCUT2D eigenvalue weighted by Crippen LogP contribution is 2.26. The second-order valence-electron chi connectivity index (χ2n) is 3.28. The molecule has 0 unspecified atom stereocenters. The van der Waals surface area contributed by atoms with Gasteiger partial charge in [-0.1, -0.05) is 0 Å². The molecule has 0 atom stereocenters. The van der Waals surface area contributed by atoms with Crippen LogP contribution in [-0.2, 0) is 0 Å². The van der Waals surface area contributed by atoms with Gasteiger partial charge in [0.05, 0.1) is 8.66 Å². The van der Waals surface area contributed by atoms with Gasteiger partial charge in [0, 0.05) is 16.9 Å². The number of thiophene rings is 1. The molecule has 3 nitrogen and oxygen atoms in total. The van der Waals surface area contributed by atoms with Crippen LogP contribution in [0, 0.1) is 0 Å². The number of rotatable bonds is 2. The number of carbonyl (C=O) groups excluding carboxylic acids is 1. The number of carbonyl (C=O) groups is 1. The molecule has 0 spiro atoms. The van der Waals surface area contributed by atoms with E-state index in [1.54, 1.807) is 24.3 Å². The van der Waals surface area contributed by atoms with Gasteiger partial charge in [0.15, 0.2) is 0 Å². The number of anilines is 2. The van der Waals surface area contributed by atoms with Gasteiger partial charge in [0.25, 0.3) is 0 Å². The minimum atomic E-state index is -0.0757. The van der Waals surface area contributed by atoms with Crippen molar-refractivity contribution in [2.75, 3.05) is 11.5 Å². The molecule has 82 valence electrons. The van der Waals surface area contributed by atoms with Crippen LogP contribution in [0.2, 0.25) is 0 Å². The van der Waals surface area contributed by atoms with E-state index in [4.69, 9.17) is 11.5 Å². The summed E-state index contributed by atoms with van der Waals surface area (Å²) in [6.07, 6.45) is 0. The predicted octanol–water partition coefficient (Wildman–Crippen LogP) is 2.91. The summed E-state index contributed by atoms with van der Waals surface area (Å²) in [4.78, 5) is 12.7. The smallest absolute Gasteiger partial charge is 0.205 e. The highest BCUT2D eigenvalue weighted by molar-refractivity contribution is 9.11. The molecule has 0 radical (unpaired) electrons. The molecule has 4 N–H and O–H groups in total. The van der Waals surface area contributed by atoms with Crippen LogP contribution in [0.5, 0.6) is 0 Å². The molecule has 0 aliphatic carbocycles. The molecular formula is C11H9BrN2OS. The van der Waals surface area contributed by atoms with Gasteiger partial charge < -0.3 is 11.5 Å². The summed E-state index contributed by atoms with van der Waals surface area (Å²) < 4.78 is 0.921. The fourth-order valence-electron chi connectivity index (χ4n) is 1.36. The first kappa shape index (κ1) is 11.2. The molecule has 2 aromatic rings. The molecule has 0 aliphatic heterocycles. The molecule has 0 fully saturated rings. The van der Waals surface area contributed by atoms with E-state index < -0.39 is 0 Å². The Labute approximate surface area is 105 Å². The van der Waals surface area contributed by atoms with Gasteiger partial charge in [-0.25, -0.2) is 0 Å². The van der Waals surface area contributed by atoms with Gasteiger partial charge in [-0.05, 0) is 46.3 Å². The summed E-state index contributed by atoms with van der Waals surface area (Å²) in [5, 5.41) is 0. The Balaban J connectivity index is 2.41. The summed E-state index contributed by atoms with van der Waals surface area (Å²) in [5.41, 5.74) is 12.8. The normalized spacial score (nSPS) is 10.3. The molecule has 2 rings (SSSR count). The van der Waals surface area contributed by atoms with Crippen molar-refractivity contribution >= 4 is 44.4 Å². The largest absolute Gasteiger partial charge is 0.399 e. The van der Waals surface area contributed by atoms with Crippen LogP contribution >= 0.6 is 27.3 Å². The Bertz CT molecular complexity index is 551. The van der Waals surface area contributed by atoms with Crippen molar-refractivity contribution in [3.63, 3.8) is 0 Å². The molecule has 0 amide bonds. The molecule has 0 bridgehead atoms. The number of nitrogen functional groups attached to an aromatic ring is 2. The Hall–Kier alpha value is -1.33. The van der Waals surface area contributed by atoms with Gasteiger partial charge >= 0.3 is 0 Å². The van der Waals surface area contributed by atoms with E-state index in [2.05, 4.69) is 15.9 Å². The molecule has 0 saturated heterocycles. The molecular weight excluding hydrogens is 288 g/mol. The maximum atomic E-state index is 12.1. The summed E-state index contributed by atoms with van der Waals surface area (Å²) >= 11 is 4.70. The predicted molar refractivity (Wildman–Crippen MR) is 70.7 cm³/mol. The van der Waals surface area contributed by atoms with Crippen molar-refractivity contribution in [1.29, 1.82) is 0 Å². The third-order valence-corrected chi connectivity index (χ3v) is 3.74. The van der Waals surface area contributed by atoms with Crippen molar-refractivity contribution in [1.82, 2.24) is 0 Å². The lowest BCUT2D eigenvalue weighted by molar-refractivity contribution is 0.104. The van der Waals surface area contributed by atoms with E-state index >= 15 is 0 Å². The lowest BCUT2D eigenvalue weighted by Gasteiger charge is -2.03. The van der Waals surface area contributed by atoms with Gasteiger partial charge in [-0.2, -0.15) is 0 Å². The molecule has 1 aromatic heterocycles. The standard InChI is InChI=1S/C11H9BrN2OS/c12-10-4-3-9(16-10)11(15)7-2-1-6(13)5-8(7)14/h1-5H,13-14H2. The fraction of sp³-hybridized carbons (Fsp3) is 0. The number of halogens is 1. The van der Waals surface area contributed by atoms with Crippen molar-refractivity contribution in [3.8, 4) is 0 Å². The Morgan fingerprint density at radius 1 is 1.19 bits per heavy atom. The third kappa shape index (κ3) is 2.10. The first-order valence-electron chi connectivity index (χ1n) is 4.53. The summed E-state index contributed by atoms with van der Waals surface area (Å²) in [5.74, 6) is -0.0757. The highest BCUT2D eigenvalue weighted by atomic mass is 79.9. The first-order valence-corrected chi connectivity index (χ1v) is 6.14. The zero-order valence-electron chi connectivity index (χ0n) is 8.24. The van der Waals surface area contributed by atoms with Crippen molar-refractivity contribution in [3.05, 3.63) is 44.6 Å². The second-order valence-corrected chi connectivity index (χ2v) is 5.74. The maximum absolute atomic E-state index is 12.1. The SMILES string of the molecule is Nc1ccc(C(=O)c2ccc(Br)s2)c(N)c1. The van der Waals surface area contributed by atoms with Gasteiger partial charge in [-0.3, -0.25) is 4.79 Å². The Morgan fingerprint density at radius 3 is 2.50 bits per heavy atom. The van der Waals surface area contributed by atoms with Crippen LogP contribution in [0.1, 0.15) is 15.2 Å². The number of benzene rings is 1. The average molecular weight is 297 g/mol. The lowest BCUT2D eigenvalue weighted by Crippen LogP contribution is -2.04. The summed E-state index contributed by atoms with van der Waals surface area (Å²) in [6.45, 7) is 0. The maximum Gasteiger partial charge on any atom is 0.205 e. The number of nitrogens with two attached hydrogens (primary N) is 2. The van der Waals surface area contributed by atoms with E-state index in [-0.39, 0.29) is 5.78 Å². The van der Waals surface area contributed by atoms with Crippen LogP contribution in [-0.4, -0.2) is 5.78 Å². The minimum absolute atomic E-state index is 0.0757.